The lowest BCUT2D eigenvalue weighted by Crippen LogP contribution is -2.11. The van der Waals surface area contributed by atoms with E-state index >= 15 is 0 Å². The summed E-state index contributed by atoms with van der Waals surface area (Å²) in [6, 6.07) is 0. The fourth-order valence-corrected chi connectivity index (χ4v) is 0.306. The number of aliphatic hydroxyl groups is 3. The molecule has 0 spiro atoms. The van der Waals surface area contributed by atoms with E-state index in [9.17, 15) is 4.79 Å². The third kappa shape index (κ3) is 3.06. The zero-order valence-electron chi connectivity index (χ0n) is 5.06. The monoisotopic (exact) mass is 148 g/mol. The van der Waals surface area contributed by atoms with Crippen LogP contribution in [-0.4, -0.2) is 39.1 Å². The van der Waals surface area contributed by atoms with Gasteiger partial charge in [0.05, 0.1) is 12.7 Å². The summed E-state index contributed by atoms with van der Waals surface area (Å²) in [6.07, 6.45) is -0.682. The van der Waals surface area contributed by atoms with E-state index in [1.54, 1.807) is 0 Å². The van der Waals surface area contributed by atoms with Gasteiger partial charge in [0.25, 0.3) is 0 Å². The lowest BCUT2D eigenvalue weighted by atomic mass is 10.3. The van der Waals surface area contributed by atoms with Gasteiger partial charge in [-0.3, -0.25) is 0 Å². The minimum Gasteiger partial charge on any atom is -0.502 e. The molecule has 10 heavy (non-hydrogen) atoms. The van der Waals surface area contributed by atoms with E-state index in [0.29, 0.717) is 6.08 Å². The Morgan fingerprint density at radius 1 is 1.50 bits per heavy atom. The predicted molar refractivity (Wildman–Crippen MR) is 31.4 cm³/mol. The van der Waals surface area contributed by atoms with Crippen molar-refractivity contribution < 1.29 is 25.2 Å². The van der Waals surface area contributed by atoms with Gasteiger partial charge in [-0.1, -0.05) is 0 Å². The summed E-state index contributed by atoms with van der Waals surface area (Å²) in [7, 11) is 0. The summed E-state index contributed by atoms with van der Waals surface area (Å²) in [4.78, 5) is 9.84. The molecule has 5 nitrogen and oxygen atoms in total. The van der Waals surface area contributed by atoms with Gasteiger partial charge in [0.1, 0.15) is 0 Å². The molecule has 1 unspecified atom stereocenters. The normalized spacial score (nSPS) is 14.8. The quantitative estimate of drug-likeness (QED) is 0.300. The highest BCUT2D eigenvalue weighted by Gasteiger charge is 2.06. The Morgan fingerprint density at radius 3 is 2.30 bits per heavy atom. The lowest BCUT2D eigenvalue weighted by molar-refractivity contribution is -0.135. The molecule has 0 rings (SSSR count). The van der Waals surface area contributed by atoms with Crippen molar-refractivity contribution in [3.63, 3.8) is 0 Å². The van der Waals surface area contributed by atoms with Crippen molar-refractivity contribution >= 4 is 5.97 Å². The molecule has 0 saturated carbocycles. The molecular weight excluding hydrogens is 140 g/mol. The Labute approximate surface area is 56.8 Å². The first-order valence-corrected chi connectivity index (χ1v) is 2.51. The van der Waals surface area contributed by atoms with Crippen molar-refractivity contribution in [2.75, 3.05) is 6.61 Å². The largest absolute Gasteiger partial charge is 0.502 e. The zero-order valence-corrected chi connectivity index (χ0v) is 5.06. The summed E-state index contributed by atoms with van der Waals surface area (Å²) >= 11 is 0. The van der Waals surface area contributed by atoms with Gasteiger partial charge in [0.2, 0.25) is 0 Å². The molecule has 4 N–H and O–H groups in total. The van der Waals surface area contributed by atoms with Crippen LogP contribution in [0.15, 0.2) is 11.8 Å². The molecule has 0 aliphatic heterocycles. The second kappa shape index (κ2) is 3.86. The standard InChI is InChI=1S/C5H8O5/c6-2-3(7)1-4(8)5(9)10/h1,3,6-8H,2H2,(H,9,10)/b4-1+. The van der Waals surface area contributed by atoms with Gasteiger partial charge >= 0.3 is 5.97 Å². The summed E-state index contributed by atoms with van der Waals surface area (Å²) < 4.78 is 0. The summed E-state index contributed by atoms with van der Waals surface area (Å²) in [5.41, 5.74) is 0. The number of carboxylic acids is 1. The lowest BCUT2D eigenvalue weighted by Gasteiger charge is -1.98. The van der Waals surface area contributed by atoms with Crippen LogP contribution in [0.25, 0.3) is 0 Å². The third-order valence-corrected chi connectivity index (χ3v) is 0.756. The Bertz CT molecular complexity index is 150. The van der Waals surface area contributed by atoms with Crippen molar-refractivity contribution in [3.8, 4) is 0 Å². The first-order valence-electron chi connectivity index (χ1n) is 2.51. The van der Waals surface area contributed by atoms with E-state index in [2.05, 4.69) is 0 Å². The molecule has 0 heterocycles. The maximum Gasteiger partial charge on any atom is 0.370 e. The first kappa shape index (κ1) is 8.93. The average Bonchev–Trinajstić information content (AvgIpc) is 1.87. The Morgan fingerprint density at radius 2 is 2.00 bits per heavy atom. The molecular formula is C5H8O5. The van der Waals surface area contributed by atoms with Gasteiger partial charge in [0, 0.05) is 0 Å². The van der Waals surface area contributed by atoms with Gasteiger partial charge < -0.3 is 20.4 Å². The minimum absolute atomic E-state index is 0.614. The summed E-state index contributed by atoms with van der Waals surface area (Å²) in [5, 5.41) is 33.1. The van der Waals surface area contributed by atoms with Gasteiger partial charge in [-0.15, -0.1) is 0 Å². The number of carbonyl (C=O) groups is 1. The molecule has 5 heteroatoms. The van der Waals surface area contributed by atoms with Crippen molar-refractivity contribution in [1.29, 1.82) is 0 Å². The van der Waals surface area contributed by atoms with E-state index in [1.807, 2.05) is 0 Å². The number of hydrogen-bond acceptors (Lipinski definition) is 4. The number of hydrogen-bond donors (Lipinski definition) is 4. The fourth-order valence-electron chi connectivity index (χ4n) is 0.306. The van der Waals surface area contributed by atoms with Crippen LogP contribution in [0.4, 0.5) is 0 Å². The molecule has 0 amide bonds. The van der Waals surface area contributed by atoms with Crippen LogP contribution < -0.4 is 0 Å². The van der Waals surface area contributed by atoms with Gasteiger partial charge in [0.15, 0.2) is 5.76 Å². The minimum atomic E-state index is -1.53. The number of rotatable bonds is 3. The molecule has 58 valence electrons. The highest BCUT2D eigenvalue weighted by Crippen LogP contribution is 1.91. The van der Waals surface area contributed by atoms with E-state index in [-0.39, 0.29) is 0 Å². The fraction of sp³-hybridized carbons (Fsp3) is 0.400. The topological polar surface area (TPSA) is 98.0 Å². The predicted octanol–water partition coefficient (Wildman–Crippen LogP) is -1.13. The van der Waals surface area contributed by atoms with Crippen LogP contribution in [0.1, 0.15) is 0 Å². The van der Waals surface area contributed by atoms with Crippen LogP contribution in [0.5, 0.6) is 0 Å². The Balaban J connectivity index is 4.02. The molecule has 0 fully saturated rings. The van der Waals surface area contributed by atoms with Crippen molar-refractivity contribution in [2.24, 2.45) is 0 Å². The van der Waals surface area contributed by atoms with Crippen LogP contribution in [0.3, 0.4) is 0 Å². The SMILES string of the molecule is O=C(O)/C(O)=C\C(O)CO. The van der Waals surface area contributed by atoms with Crippen molar-refractivity contribution in [1.82, 2.24) is 0 Å². The van der Waals surface area contributed by atoms with E-state index < -0.39 is 24.4 Å². The van der Waals surface area contributed by atoms with Gasteiger partial charge in [-0.05, 0) is 6.08 Å². The number of carboxylic acid groups (broad SMARTS) is 1. The molecule has 0 aliphatic rings. The Hall–Kier alpha value is -1.07. The maximum atomic E-state index is 9.84. The van der Waals surface area contributed by atoms with Crippen LogP contribution in [0, 0.1) is 0 Å². The summed E-state index contributed by atoms with van der Waals surface area (Å²) in [5.74, 6) is -2.51. The number of aliphatic hydroxyl groups excluding tert-OH is 3. The molecule has 0 saturated heterocycles. The molecule has 0 aromatic carbocycles. The molecule has 0 bridgehead atoms. The highest BCUT2D eigenvalue weighted by atomic mass is 16.4. The van der Waals surface area contributed by atoms with E-state index in [0.717, 1.165) is 0 Å². The van der Waals surface area contributed by atoms with E-state index in [4.69, 9.17) is 20.4 Å². The van der Waals surface area contributed by atoms with E-state index in [1.165, 1.54) is 0 Å². The maximum absolute atomic E-state index is 9.84. The molecule has 0 aromatic heterocycles. The molecule has 1 atom stereocenters. The second-order valence-electron chi connectivity index (χ2n) is 1.61. The smallest absolute Gasteiger partial charge is 0.370 e. The van der Waals surface area contributed by atoms with Gasteiger partial charge in [-0.2, -0.15) is 0 Å². The summed E-state index contributed by atoms with van der Waals surface area (Å²) in [6.45, 7) is -0.614. The molecule has 0 radical (unpaired) electrons. The van der Waals surface area contributed by atoms with Crippen LogP contribution in [-0.2, 0) is 4.79 Å². The molecule has 0 aromatic rings. The van der Waals surface area contributed by atoms with Crippen molar-refractivity contribution in [2.45, 2.75) is 6.10 Å². The zero-order chi connectivity index (χ0) is 8.15. The highest BCUT2D eigenvalue weighted by molar-refractivity contribution is 5.83. The average molecular weight is 148 g/mol. The van der Waals surface area contributed by atoms with Crippen LogP contribution in [0.2, 0.25) is 0 Å². The number of aliphatic carboxylic acids is 1. The third-order valence-electron chi connectivity index (χ3n) is 0.756. The van der Waals surface area contributed by atoms with Crippen LogP contribution >= 0.6 is 0 Å². The van der Waals surface area contributed by atoms with Gasteiger partial charge in [-0.25, -0.2) is 4.79 Å². The Kier molecular flexibility index (Phi) is 3.45. The molecule has 0 aliphatic carbocycles. The first-order chi connectivity index (χ1) is 4.57. The second-order valence-corrected chi connectivity index (χ2v) is 1.61. The van der Waals surface area contributed by atoms with Crippen molar-refractivity contribution in [3.05, 3.63) is 11.8 Å².